The van der Waals surface area contributed by atoms with E-state index in [0.29, 0.717) is 30.5 Å². The largest absolute Gasteiger partial charge is 0.366 e. The standard InChI is InChI=1S/C16H22N4O2S/c1-11(2)14-9-20(23(21,22)13-6-7-13)10-15(14)19-16-5-3-4-12(8-17)18-16/h3-5,11,13-15H,6-7,9-10H2,1-2H3,(H,18,19)/t14-,15+/m1/s1. The third kappa shape index (κ3) is 3.33. The van der Waals surface area contributed by atoms with Gasteiger partial charge in [-0.15, -0.1) is 0 Å². The van der Waals surface area contributed by atoms with Gasteiger partial charge in [-0.05, 0) is 36.8 Å². The molecule has 0 spiro atoms. The summed E-state index contributed by atoms with van der Waals surface area (Å²) in [5.41, 5.74) is 0.358. The highest BCUT2D eigenvalue weighted by atomic mass is 32.2. The number of hydrogen-bond acceptors (Lipinski definition) is 5. The highest BCUT2D eigenvalue weighted by molar-refractivity contribution is 7.90. The Morgan fingerprint density at radius 3 is 2.70 bits per heavy atom. The SMILES string of the molecule is CC(C)[C@H]1CN(S(=O)(=O)C2CC2)C[C@@H]1Nc1cccc(C#N)n1. The van der Waals surface area contributed by atoms with Crippen LogP contribution in [0.1, 0.15) is 32.4 Å². The topological polar surface area (TPSA) is 86.1 Å². The summed E-state index contributed by atoms with van der Waals surface area (Å²) in [6, 6.07) is 7.30. The van der Waals surface area contributed by atoms with E-state index in [-0.39, 0.29) is 17.2 Å². The van der Waals surface area contributed by atoms with Gasteiger partial charge < -0.3 is 5.32 Å². The zero-order valence-electron chi connectivity index (χ0n) is 13.4. The fraction of sp³-hybridized carbons (Fsp3) is 0.625. The quantitative estimate of drug-likeness (QED) is 0.887. The number of nitriles is 1. The van der Waals surface area contributed by atoms with E-state index < -0.39 is 10.0 Å². The van der Waals surface area contributed by atoms with Gasteiger partial charge in [-0.25, -0.2) is 13.4 Å². The average Bonchev–Trinajstić information content (AvgIpc) is 3.29. The normalized spacial score (nSPS) is 25.5. The van der Waals surface area contributed by atoms with Crippen molar-refractivity contribution in [2.75, 3.05) is 18.4 Å². The summed E-state index contributed by atoms with van der Waals surface area (Å²) in [5, 5.41) is 12.1. The lowest BCUT2D eigenvalue weighted by Crippen LogP contribution is -2.34. The molecule has 1 aromatic rings. The lowest BCUT2D eigenvalue weighted by atomic mass is 9.91. The van der Waals surface area contributed by atoms with Crippen molar-refractivity contribution < 1.29 is 8.42 Å². The molecule has 0 amide bonds. The molecule has 2 aliphatic rings. The van der Waals surface area contributed by atoms with E-state index in [4.69, 9.17) is 5.26 Å². The minimum Gasteiger partial charge on any atom is -0.366 e. The minimum atomic E-state index is -3.15. The Labute approximate surface area is 137 Å². The van der Waals surface area contributed by atoms with Crippen LogP contribution in [0.2, 0.25) is 0 Å². The molecule has 0 radical (unpaired) electrons. The molecule has 1 saturated heterocycles. The monoisotopic (exact) mass is 334 g/mol. The molecule has 6 nitrogen and oxygen atoms in total. The molecule has 0 bridgehead atoms. The molecule has 0 unspecified atom stereocenters. The molecule has 23 heavy (non-hydrogen) atoms. The number of pyridine rings is 1. The summed E-state index contributed by atoms with van der Waals surface area (Å²) in [5.74, 6) is 1.23. The van der Waals surface area contributed by atoms with Crippen molar-refractivity contribution in [2.45, 2.75) is 38.0 Å². The number of hydrogen-bond donors (Lipinski definition) is 1. The van der Waals surface area contributed by atoms with Gasteiger partial charge in [0.15, 0.2) is 0 Å². The Bertz CT molecular complexity index is 722. The van der Waals surface area contributed by atoms with E-state index >= 15 is 0 Å². The smallest absolute Gasteiger partial charge is 0.217 e. The van der Waals surface area contributed by atoms with Gasteiger partial charge in [-0.1, -0.05) is 19.9 Å². The first kappa shape index (κ1) is 16.2. The van der Waals surface area contributed by atoms with Crippen LogP contribution >= 0.6 is 0 Å². The summed E-state index contributed by atoms with van der Waals surface area (Å²) in [6.07, 6.45) is 1.57. The molecule has 124 valence electrons. The molecule has 3 rings (SSSR count). The number of aromatic nitrogens is 1. The van der Waals surface area contributed by atoms with Crippen molar-refractivity contribution in [2.24, 2.45) is 11.8 Å². The fourth-order valence-corrected chi connectivity index (χ4v) is 5.07. The molecule has 1 aromatic heterocycles. The van der Waals surface area contributed by atoms with Crippen LogP contribution in [0, 0.1) is 23.2 Å². The van der Waals surface area contributed by atoms with Crippen LogP contribution in [0.25, 0.3) is 0 Å². The lowest BCUT2D eigenvalue weighted by Gasteiger charge is -2.23. The van der Waals surface area contributed by atoms with Crippen molar-refractivity contribution >= 4 is 15.8 Å². The summed E-state index contributed by atoms with van der Waals surface area (Å²) in [4.78, 5) is 4.24. The maximum absolute atomic E-state index is 12.5. The van der Waals surface area contributed by atoms with Crippen LogP contribution in [0.15, 0.2) is 18.2 Å². The second-order valence-corrected chi connectivity index (χ2v) is 8.95. The Morgan fingerprint density at radius 2 is 2.09 bits per heavy atom. The first-order valence-corrected chi connectivity index (χ1v) is 9.55. The predicted octanol–water partition coefficient (Wildman–Crippen LogP) is 1.81. The molecule has 7 heteroatoms. The highest BCUT2D eigenvalue weighted by Crippen LogP contribution is 2.36. The van der Waals surface area contributed by atoms with Crippen LogP contribution in [0.3, 0.4) is 0 Å². The van der Waals surface area contributed by atoms with Crippen LogP contribution in [0.5, 0.6) is 0 Å². The van der Waals surface area contributed by atoms with Gasteiger partial charge in [0.1, 0.15) is 17.6 Å². The van der Waals surface area contributed by atoms with E-state index in [1.54, 1.807) is 16.4 Å². The van der Waals surface area contributed by atoms with Crippen LogP contribution in [-0.4, -0.2) is 42.1 Å². The third-order valence-electron chi connectivity index (χ3n) is 4.69. The Morgan fingerprint density at radius 1 is 1.35 bits per heavy atom. The molecule has 2 atom stereocenters. The van der Waals surface area contributed by atoms with Gasteiger partial charge in [0.25, 0.3) is 0 Å². The van der Waals surface area contributed by atoms with Crippen molar-refractivity contribution in [3.05, 3.63) is 23.9 Å². The number of rotatable bonds is 5. The Kier molecular flexibility index (Phi) is 4.30. The Balaban J connectivity index is 1.78. The molecule has 1 aliphatic carbocycles. The van der Waals surface area contributed by atoms with E-state index in [0.717, 1.165) is 12.8 Å². The van der Waals surface area contributed by atoms with E-state index in [1.165, 1.54) is 0 Å². The van der Waals surface area contributed by atoms with Gasteiger partial charge in [-0.3, -0.25) is 0 Å². The molecule has 2 heterocycles. The van der Waals surface area contributed by atoms with Crippen molar-refractivity contribution in [1.82, 2.24) is 9.29 Å². The molecular formula is C16H22N4O2S. The first-order valence-electron chi connectivity index (χ1n) is 8.04. The lowest BCUT2D eigenvalue weighted by molar-refractivity contribution is 0.376. The molecule has 2 fully saturated rings. The average molecular weight is 334 g/mol. The van der Waals surface area contributed by atoms with E-state index in [9.17, 15) is 8.42 Å². The molecule has 1 aliphatic heterocycles. The second-order valence-electron chi connectivity index (χ2n) is 6.74. The number of anilines is 1. The number of nitrogens with one attached hydrogen (secondary N) is 1. The van der Waals surface area contributed by atoms with Crippen LogP contribution in [-0.2, 0) is 10.0 Å². The van der Waals surface area contributed by atoms with Crippen molar-refractivity contribution in [3.63, 3.8) is 0 Å². The van der Waals surface area contributed by atoms with Gasteiger partial charge in [-0.2, -0.15) is 9.57 Å². The van der Waals surface area contributed by atoms with Gasteiger partial charge in [0, 0.05) is 19.1 Å². The number of sulfonamides is 1. The number of nitrogens with zero attached hydrogens (tertiary/aromatic N) is 3. The maximum atomic E-state index is 12.5. The Hall–Kier alpha value is -1.65. The zero-order chi connectivity index (χ0) is 16.6. The fourth-order valence-electron chi connectivity index (χ4n) is 3.17. The molecular weight excluding hydrogens is 312 g/mol. The predicted molar refractivity (Wildman–Crippen MR) is 88.2 cm³/mol. The second kappa shape index (κ2) is 6.10. The van der Waals surface area contributed by atoms with Crippen molar-refractivity contribution in [3.8, 4) is 6.07 Å². The third-order valence-corrected chi connectivity index (χ3v) is 7.02. The minimum absolute atomic E-state index is 0.0185. The summed E-state index contributed by atoms with van der Waals surface area (Å²) >= 11 is 0. The van der Waals surface area contributed by atoms with E-state index in [1.807, 2.05) is 12.1 Å². The van der Waals surface area contributed by atoms with E-state index in [2.05, 4.69) is 24.1 Å². The van der Waals surface area contributed by atoms with Gasteiger partial charge in [0.2, 0.25) is 10.0 Å². The zero-order valence-corrected chi connectivity index (χ0v) is 14.3. The first-order chi connectivity index (χ1) is 10.9. The molecule has 0 aromatic carbocycles. The van der Waals surface area contributed by atoms with Gasteiger partial charge >= 0.3 is 0 Å². The summed E-state index contributed by atoms with van der Waals surface area (Å²) < 4.78 is 26.6. The summed E-state index contributed by atoms with van der Waals surface area (Å²) in [6.45, 7) is 5.27. The van der Waals surface area contributed by atoms with Crippen molar-refractivity contribution in [1.29, 1.82) is 5.26 Å². The molecule has 1 saturated carbocycles. The molecule has 1 N–H and O–H groups in total. The van der Waals surface area contributed by atoms with Crippen LogP contribution < -0.4 is 5.32 Å². The van der Waals surface area contributed by atoms with Crippen LogP contribution in [0.4, 0.5) is 5.82 Å². The summed E-state index contributed by atoms with van der Waals surface area (Å²) in [7, 11) is -3.15. The van der Waals surface area contributed by atoms with Gasteiger partial charge in [0.05, 0.1) is 5.25 Å². The highest BCUT2D eigenvalue weighted by Gasteiger charge is 2.46. The maximum Gasteiger partial charge on any atom is 0.217 e.